The van der Waals surface area contributed by atoms with E-state index in [1.165, 1.54) is 0 Å². The normalized spacial score (nSPS) is 12.6. The molecule has 6 nitrogen and oxygen atoms in total. The molecular weight excluding hydrogens is 361 g/mol. The van der Waals surface area contributed by atoms with E-state index in [0.717, 1.165) is 5.56 Å². The number of nitrogens with zero attached hydrogens (tertiary/aromatic N) is 1. The summed E-state index contributed by atoms with van der Waals surface area (Å²) in [6.07, 6.45) is -4.34. The number of alkyl halides is 3. The molecule has 0 saturated heterocycles. The van der Waals surface area contributed by atoms with Gasteiger partial charge in [-0.25, -0.2) is 0 Å². The maximum absolute atomic E-state index is 12.1. The van der Waals surface area contributed by atoms with Gasteiger partial charge in [0.1, 0.15) is 6.61 Å². The van der Waals surface area contributed by atoms with E-state index < -0.39 is 12.8 Å². The van der Waals surface area contributed by atoms with E-state index in [4.69, 9.17) is 0 Å². The summed E-state index contributed by atoms with van der Waals surface area (Å²) in [6, 6.07) is 7.03. The molecule has 0 radical (unpaired) electrons. The fourth-order valence-corrected chi connectivity index (χ4v) is 2.15. The fourth-order valence-electron chi connectivity index (χ4n) is 2.15. The van der Waals surface area contributed by atoms with Gasteiger partial charge in [0.2, 0.25) is 5.91 Å². The van der Waals surface area contributed by atoms with E-state index in [1.54, 1.807) is 25.2 Å². The second-order valence-corrected chi connectivity index (χ2v) is 7.01. The highest BCUT2D eigenvalue weighted by Crippen LogP contribution is 2.16. The van der Waals surface area contributed by atoms with Crippen molar-refractivity contribution in [1.82, 2.24) is 16.0 Å². The molecule has 0 spiro atoms. The third-order valence-electron chi connectivity index (χ3n) is 3.14. The van der Waals surface area contributed by atoms with Crippen molar-refractivity contribution in [3.05, 3.63) is 35.4 Å². The maximum atomic E-state index is 12.1. The maximum Gasteiger partial charge on any atom is 0.411 e. The van der Waals surface area contributed by atoms with Crippen LogP contribution in [0.1, 0.15) is 31.9 Å². The lowest BCUT2D eigenvalue weighted by Crippen LogP contribution is -2.48. The lowest BCUT2D eigenvalue weighted by atomic mass is 10.1. The molecule has 0 heterocycles. The first-order chi connectivity index (χ1) is 12.5. The molecule has 0 atom stereocenters. The highest BCUT2D eigenvalue weighted by Gasteiger charge is 2.27. The number of benzene rings is 1. The Kier molecular flexibility index (Phi) is 8.55. The number of guanidine groups is 1. The molecular formula is C18H27F3N4O2. The third kappa shape index (κ3) is 11.1. The highest BCUT2D eigenvalue weighted by molar-refractivity contribution is 5.86. The van der Waals surface area contributed by atoms with Crippen LogP contribution in [0.5, 0.6) is 0 Å². The molecule has 1 aromatic carbocycles. The molecule has 1 aromatic rings. The Bertz CT molecular complexity index is 640. The summed E-state index contributed by atoms with van der Waals surface area (Å²) < 4.78 is 41.0. The lowest BCUT2D eigenvalue weighted by Gasteiger charge is -2.21. The van der Waals surface area contributed by atoms with Crippen molar-refractivity contribution >= 4 is 11.9 Å². The third-order valence-corrected chi connectivity index (χ3v) is 3.14. The van der Waals surface area contributed by atoms with Crippen LogP contribution in [0.3, 0.4) is 0 Å². The monoisotopic (exact) mass is 388 g/mol. The fraction of sp³-hybridized carbons (Fsp3) is 0.556. The van der Waals surface area contributed by atoms with Gasteiger partial charge in [-0.05, 0) is 31.9 Å². The van der Waals surface area contributed by atoms with Gasteiger partial charge >= 0.3 is 6.18 Å². The summed E-state index contributed by atoms with van der Waals surface area (Å²) in [7, 11) is 1.58. The summed E-state index contributed by atoms with van der Waals surface area (Å²) in [5, 5.41) is 8.79. The molecule has 1 rings (SSSR count). The Morgan fingerprint density at radius 2 is 1.81 bits per heavy atom. The zero-order valence-electron chi connectivity index (χ0n) is 16.0. The van der Waals surface area contributed by atoms with Crippen LogP contribution >= 0.6 is 0 Å². The lowest BCUT2D eigenvalue weighted by molar-refractivity contribution is -0.176. The van der Waals surface area contributed by atoms with Gasteiger partial charge in [0.05, 0.1) is 13.2 Å². The zero-order chi connectivity index (χ0) is 20.5. The van der Waals surface area contributed by atoms with Crippen LogP contribution in [0.2, 0.25) is 0 Å². The number of amides is 1. The predicted octanol–water partition coefficient (Wildman–Crippen LogP) is 2.35. The minimum absolute atomic E-state index is 0.0717. The van der Waals surface area contributed by atoms with Gasteiger partial charge < -0.3 is 20.7 Å². The number of hydrogen-bond donors (Lipinski definition) is 3. The van der Waals surface area contributed by atoms with E-state index >= 15 is 0 Å². The minimum atomic E-state index is -4.34. The number of rotatable bonds is 7. The van der Waals surface area contributed by atoms with E-state index in [0.29, 0.717) is 18.1 Å². The van der Waals surface area contributed by atoms with E-state index in [9.17, 15) is 18.0 Å². The Labute approximate surface area is 157 Å². The molecule has 0 aliphatic heterocycles. The first-order valence-electron chi connectivity index (χ1n) is 8.46. The first kappa shape index (κ1) is 22.8. The van der Waals surface area contributed by atoms with E-state index in [2.05, 4.69) is 25.7 Å². The second kappa shape index (κ2) is 10.1. The van der Waals surface area contributed by atoms with Crippen molar-refractivity contribution in [3.63, 3.8) is 0 Å². The Morgan fingerprint density at radius 3 is 2.41 bits per heavy atom. The van der Waals surface area contributed by atoms with Gasteiger partial charge in [0.25, 0.3) is 0 Å². The number of carbonyl (C=O) groups is 1. The van der Waals surface area contributed by atoms with Crippen LogP contribution in [0, 0.1) is 0 Å². The van der Waals surface area contributed by atoms with Gasteiger partial charge in [-0.15, -0.1) is 0 Å². The molecule has 1 amide bonds. The summed E-state index contributed by atoms with van der Waals surface area (Å²) in [5.41, 5.74) is 1.18. The standard InChI is InChI=1S/C18H27F3N4O2/c1-17(2,3)25-15(26)10-24-16(22-4)23-9-13-6-5-7-14(8-13)11-27-12-18(19,20)21/h5-8H,9-12H2,1-4H3,(H,25,26)(H2,22,23,24). The number of carbonyl (C=O) groups excluding carboxylic acids is 1. The van der Waals surface area contributed by atoms with Crippen LogP contribution in [-0.2, 0) is 22.7 Å². The molecule has 0 bridgehead atoms. The molecule has 0 saturated carbocycles. The molecule has 9 heteroatoms. The van der Waals surface area contributed by atoms with Crippen LogP contribution in [0.15, 0.2) is 29.3 Å². The summed E-state index contributed by atoms with van der Waals surface area (Å²) >= 11 is 0. The Hall–Kier alpha value is -2.29. The summed E-state index contributed by atoms with van der Waals surface area (Å²) in [6.45, 7) is 4.75. The number of hydrogen-bond acceptors (Lipinski definition) is 3. The predicted molar refractivity (Wildman–Crippen MR) is 98.3 cm³/mol. The van der Waals surface area contributed by atoms with Crippen molar-refractivity contribution in [1.29, 1.82) is 0 Å². The van der Waals surface area contributed by atoms with Gasteiger partial charge in [-0.2, -0.15) is 13.2 Å². The number of nitrogens with one attached hydrogen (secondary N) is 3. The van der Waals surface area contributed by atoms with Crippen molar-refractivity contribution in [2.45, 2.75) is 45.6 Å². The van der Waals surface area contributed by atoms with Crippen molar-refractivity contribution in [2.75, 3.05) is 20.2 Å². The highest BCUT2D eigenvalue weighted by atomic mass is 19.4. The molecule has 0 unspecified atom stereocenters. The van der Waals surface area contributed by atoms with Gasteiger partial charge in [0.15, 0.2) is 5.96 Å². The molecule has 0 aromatic heterocycles. The number of aliphatic imine (C=N–C) groups is 1. The van der Waals surface area contributed by atoms with Crippen molar-refractivity contribution < 1.29 is 22.7 Å². The average Bonchev–Trinajstić information content (AvgIpc) is 2.52. The molecule has 3 N–H and O–H groups in total. The van der Waals surface area contributed by atoms with Gasteiger partial charge in [0, 0.05) is 19.1 Å². The number of ether oxygens (including phenoxy) is 1. The van der Waals surface area contributed by atoms with Crippen LogP contribution in [-0.4, -0.2) is 43.8 Å². The van der Waals surface area contributed by atoms with Crippen LogP contribution < -0.4 is 16.0 Å². The molecule has 0 fully saturated rings. The van der Waals surface area contributed by atoms with Crippen LogP contribution in [0.25, 0.3) is 0 Å². The SMILES string of the molecule is CN=C(NCC(=O)NC(C)(C)C)NCc1cccc(COCC(F)(F)F)c1. The average molecular weight is 388 g/mol. The van der Waals surface area contributed by atoms with Crippen molar-refractivity contribution in [2.24, 2.45) is 4.99 Å². The smallest absolute Gasteiger partial charge is 0.367 e. The first-order valence-corrected chi connectivity index (χ1v) is 8.46. The largest absolute Gasteiger partial charge is 0.411 e. The molecule has 0 aliphatic rings. The molecule has 27 heavy (non-hydrogen) atoms. The minimum Gasteiger partial charge on any atom is -0.367 e. The van der Waals surface area contributed by atoms with E-state index in [-0.39, 0.29) is 24.6 Å². The molecule has 152 valence electrons. The second-order valence-electron chi connectivity index (χ2n) is 7.01. The van der Waals surface area contributed by atoms with Gasteiger partial charge in [-0.1, -0.05) is 24.3 Å². The summed E-state index contributed by atoms with van der Waals surface area (Å²) in [5.74, 6) is 0.284. The topological polar surface area (TPSA) is 74.8 Å². The Morgan fingerprint density at radius 1 is 1.15 bits per heavy atom. The van der Waals surface area contributed by atoms with Crippen molar-refractivity contribution in [3.8, 4) is 0 Å². The summed E-state index contributed by atoms with van der Waals surface area (Å²) in [4.78, 5) is 15.9. The van der Waals surface area contributed by atoms with Crippen LogP contribution in [0.4, 0.5) is 13.2 Å². The van der Waals surface area contributed by atoms with E-state index in [1.807, 2.05) is 26.8 Å². The zero-order valence-corrected chi connectivity index (χ0v) is 16.0. The quantitative estimate of drug-likeness (QED) is 0.495. The van der Waals surface area contributed by atoms with Gasteiger partial charge in [-0.3, -0.25) is 9.79 Å². The number of halogens is 3. The Balaban J connectivity index is 2.46. The molecule has 0 aliphatic carbocycles.